The van der Waals surface area contributed by atoms with Crippen LogP contribution in [0.1, 0.15) is 5.82 Å². The molecule has 0 atom stereocenters. The van der Waals surface area contributed by atoms with E-state index in [1.165, 1.54) is 18.9 Å². The molecule has 0 radical (unpaired) electrons. The number of H-pyrrole nitrogens is 1. The number of nitrogen functional groups attached to an aromatic ring is 1. The van der Waals surface area contributed by atoms with E-state index in [1.807, 2.05) is 0 Å². The molecule has 2 aromatic heterocycles. The topological polar surface area (TPSA) is 105 Å². The van der Waals surface area contributed by atoms with Crippen molar-refractivity contribution >= 4 is 11.5 Å². The van der Waals surface area contributed by atoms with Gasteiger partial charge in [0.1, 0.15) is 18.5 Å². The summed E-state index contributed by atoms with van der Waals surface area (Å²) in [5.74, 6) is 1.32. The predicted molar refractivity (Wildman–Crippen MR) is 50.2 cm³/mol. The standard InChI is InChI=1S/C7H9N7/c8-5-1-9-3-12-7(5)10-2-6-11-4-13-14-6/h1,3-4H,2,8H2,(H,9,10,12)(H,11,13,14). The molecular weight excluding hydrogens is 182 g/mol. The van der Waals surface area contributed by atoms with Gasteiger partial charge in [-0.15, -0.1) is 0 Å². The molecule has 0 amide bonds. The molecule has 0 spiro atoms. The molecule has 7 heteroatoms. The first-order valence-electron chi connectivity index (χ1n) is 4.00. The zero-order chi connectivity index (χ0) is 9.80. The van der Waals surface area contributed by atoms with Crippen molar-refractivity contribution in [1.29, 1.82) is 0 Å². The number of aromatic amines is 1. The van der Waals surface area contributed by atoms with Crippen LogP contribution in [-0.2, 0) is 6.54 Å². The van der Waals surface area contributed by atoms with E-state index >= 15 is 0 Å². The van der Waals surface area contributed by atoms with Gasteiger partial charge in [-0.2, -0.15) is 5.10 Å². The molecule has 0 aliphatic rings. The molecule has 2 aromatic rings. The molecule has 0 bridgehead atoms. The predicted octanol–water partition coefficient (Wildman–Crippen LogP) is -0.211. The summed E-state index contributed by atoms with van der Waals surface area (Å²) in [6, 6.07) is 0. The molecule has 7 nitrogen and oxygen atoms in total. The van der Waals surface area contributed by atoms with Crippen molar-refractivity contribution in [3.63, 3.8) is 0 Å². The molecule has 2 heterocycles. The van der Waals surface area contributed by atoms with Gasteiger partial charge in [0, 0.05) is 0 Å². The van der Waals surface area contributed by atoms with Gasteiger partial charge in [0.15, 0.2) is 5.82 Å². The van der Waals surface area contributed by atoms with Crippen LogP contribution >= 0.6 is 0 Å². The van der Waals surface area contributed by atoms with E-state index in [0.29, 0.717) is 18.1 Å². The zero-order valence-electron chi connectivity index (χ0n) is 7.31. The lowest BCUT2D eigenvalue weighted by atomic mass is 10.4. The van der Waals surface area contributed by atoms with Gasteiger partial charge in [0.2, 0.25) is 0 Å². The zero-order valence-corrected chi connectivity index (χ0v) is 7.31. The van der Waals surface area contributed by atoms with Crippen LogP contribution in [-0.4, -0.2) is 25.1 Å². The molecule has 0 unspecified atom stereocenters. The lowest BCUT2D eigenvalue weighted by Crippen LogP contribution is -2.05. The fraction of sp³-hybridized carbons (Fsp3) is 0.143. The third kappa shape index (κ3) is 1.76. The monoisotopic (exact) mass is 191 g/mol. The Labute approximate surface area is 79.8 Å². The number of hydrogen-bond acceptors (Lipinski definition) is 6. The molecule has 0 aliphatic heterocycles. The summed E-state index contributed by atoms with van der Waals surface area (Å²) in [5, 5.41) is 9.44. The molecule has 0 fully saturated rings. The molecule has 0 saturated heterocycles. The smallest absolute Gasteiger partial charge is 0.153 e. The van der Waals surface area contributed by atoms with Gasteiger partial charge >= 0.3 is 0 Å². The summed E-state index contributed by atoms with van der Waals surface area (Å²) < 4.78 is 0. The van der Waals surface area contributed by atoms with Gasteiger partial charge in [-0.25, -0.2) is 15.0 Å². The third-order valence-electron chi connectivity index (χ3n) is 1.63. The van der Waals surface area contributed by atoms with Crippen LogP contribution in [0.2, 0.25) is 0 Å². The fourth-order valence-corrected chi connectivity index (χ4v) is 0.972. The SMILES string of the molecule is Nc1cncnc1NCc1ncn[nH]1. The maximum absolute atomic E-state index is 5.63. The molecule has 2 rings (SSSR count). The highest BCUT2D eigenvalue weighted by molar-refractivity contribution is 5.58. The third-order valence-corrected chi connectivity index (χ3v) is 1.63. The summed E-state index contributed by atoms with van der Waals surface area (Å²) in [7, 11) is 0. The minimum Gasteiger partial charge on any atom is -0.394 e. The van der Waals surface area contributed by atoms with Crippen molar-refractivity contribution in [2.24, 2.45) is 0 Å². The van der Waals surface area contributed by atoms with Gasteiger partial charge in [0.05, 0.1) is 18.4 Å². The Morgan fingerprint density at radius 3 is 3.00 bits per heavy atom. The quantitative estimate of drug-likeness (QED) is 0.619. The first-order chi connectivity index (χ1) is 6.86. The number of rotatable bonds is 3. The van der Waals surface area contributed by atoms with Crippen LogP contribution in [0.25, 0.3) is 0 Å². The second-order valence-corrected chi connectivity index (χ2v) is 2.61. The number of aromatic nitrogens is 5. The van der Waals surface area contributed by atoms with Crippen LogP contribution in [0.5, 0.6) is 0 Å². The highest BCUT2D eigenvalue weighted by atomic mass is 15.2. The number of hydrogen-bond donors (Lipinski definition) is 3. The van der Waals surface area contributed by atoms with Gasteiger partial charge in [-0.3, -0.25) is 5.10 Å². The van der Waals surface area contributed by atoms with Crippen LogP contribution in [0.4, 0.5) is 11.5 Å². The Bertz CT molecular complexity index is 396. The summed E-state index contributed by atoms with van der Waals surface area (Å²) >= 11 is 0. The Kier molecular flexibility index (Phi) is 2.22. The van der Waals surface area contributed by atoms with E-state index in [-0.39, 0.29) is 0 Å². The normalized spacial score (nSPS) is 10.0. The Hall–Kier alpha value is -2.18. The Morgan fingerprint density at radius 1 is 1.36 bits per heavy atom. The van der Waals surface area contributed by atoms with Gasteiger partial charge in [-0.05, 0) is 0 Å². The van der Waals surface area contributed by atoms with Crippen molar-refractivity contribution in [1.82, 2.24) is 25.1 Å². The largest absolute Gasteiger partial charge is 0.394 e. The van der Waals surface area contributed by atoms with Crippen molar-refractivity contribution in [2.45, 2.75) is 6.54 Å². The minimum atomic E-state index is 0.501. The maximum atomic E-state index is 5.63. The Morgan fingerprint density at radius 2 is 2.29 bits per heavy atom. The molecule has 72 valence electrons. The van der Waals surface area contributed by atoms with Crippen LogP contribution < -0.4 is 11.1 Å². The molecule has 0 aromatic carbocycles. The maximum Gasteiger partial charge on any atom is 0.153 e. The first-order valence-corrected chi connectivity index (χ1v) is 4.00. The van der Waals surface area contributed by atoms with Crippen molar-refractivity contribution in [3.8, 4) is 0 Å². The van der Waals surface area contributed by atoms with Crippen LogP contribution in [0.3, 0.4) is 0 Å². The molecular formula is C7H9N7. The summed E-state index contributed by atoms with van der Waals surface area (Å²) in [6.07, 6.45) is 4.41. The Balaban J connectivity index is 2.02. The minimum absolute atomic E-state index is 0.501. The van der Waals surface area contributed by atoms with Gasteiger partial charge < -0.3 is 11.1 Å². The van der Waals surface area contributed by atoms with Crippen LogP contribution in [0.15, 0.2) is 18.9 Å². The second-order valence-electron chi connectivity index (χ2n) is 2.61. The molecule has 0 aliphatic carbocycles. The average molecular weight is 191 g/mol. The van der Waals surface area contributed by atoms with Crippen LogP contribution in [0, 0.1) is 0 Å². The summed E-state index contributed by atoms with van der Waals surface area (Å²) in [4.78, 5) is 11.7. The lowest BCUT2D eigenvalue weighted by molar-refractivity contribution is 0.945. The number of nitrogens with one attached hydrogen (secondary N) is 2. The summed E-state index contributed by atoms with van der Waals surface area (Å²) in [5.41, 5.74) is 6.13. The average Bonchev–Trinajstić information content (AvgIpc) is 2.69. The number of nitrogens with two attached hydrogens (primary N) is 1. The van der Waals surface area contributed by atoms with E-state index in [9.17, 15) is 0 Å². The van der Waals surface area contributed by atoms with E-state index in [0.717, 1.165) is 5.82 Å². The fourth-order valence-electron chi connectivity index (χ4n) is 0.972. The van der Waals surface area contributed by atoms with E-state index in [4.69, 9.17) is 5.73 Å². The molecule has 0 saturated carbocycles. The van der Waals surface area contributed by atoms with E-state index in [1.54, 1.807) is 0 Å². The molecule has 14 heavy (non-hydrogen) atoms. The van der Waals surface area contributed by atoms with Gasteiger partial charge in [0.25, 0.3) is 0 Å². The van der Waals surface area contributed by atoms with Crippen molar-refractivity contribution in [3.05, 3.63) is 24.7 Å². The number of anilines is 2. The first kappa shape index (κ1) is 8.42. The highest BCUT2D eigenvalue weighted by Gasteiger charge is 2.00. The van der Waals surface area contributed by atoms with Crippen molar-refractivity contribution < 1.29 is 0 Å². The van der Waals surface area contributed by atoms with Crippen molar-refractivity contribution in [2.75, 3.05) is 11.1 Å². The van der Waals surface area contributed by atoms with E-state index in [2.05, 4.69) is 30.5 Å². The second kappa shape index (κ2) is 3.69. The molecule has 4 N–H and O–H groups in total. The summed E-state index contributed by atoms with van der Waals surface area (Å²) in [6.45, 7) is 0.501. The lowest BCUT2D eigenvalue weighted by Gasteiger charge is -2.04. The number of nitrogens with zero attached hydrogens (tertiary/aromatic N) is 4. The van der Waals surface area contributed by atoms with E-state index < -0.39 is 0 Å². The van der Waals surface area contributed by atoms with Gasteiger partial charge in [-0.1, -0.05) is 0 Å². The highest BCUT2D eigenvalue weighted by Crippen LogP contribution is 2.11.